The standard InChI is InChI=1S/C14H11FN2O3/c15-9-5-7-10(8-6-9)16-13(19)14(20)17-11-3-1-2-4-12(11)18/h1-8,18H,(H,16,19)(H,17,20). The number of aromatic hydroxyl groups is 1. The molecule has 0 unspecified atom stereocenters. The molecule has 2 rings (SSSR count). The van der Waals surface area contributed by atoms with Gasteiger partial charge in [0.1, 0.15) is 11.6 Å². The lowest BCUT2D eigenvalue weighted by atomic mass is 10.3. The van der Waals surface area contributed by atoms with Gasteiger partial charge in [0.15, 0.2) is 0 Å². The molecule has 2 aromatic rings. The summed E-state index contributed by atoms with van der Waals surface area (Å²) >= 11 is 0. The Morgan fingerprint density at radius 3 is 2.15 bits per heavy atom. The molecule has 102 valence electrons. The van der Waals surface area contributed by atoms with Crippen LogP contribution in [0.5, 0.6) is 5.75 Å². The fourth-order valence-electron chi connectivity index (χ4n) is 1.48. The molecule has 0 atom stereocenters. The first-order valence-corrected chi connectivity index (χ1v) is 5.72. The van der Waals surface area contributed by atoms with Crippen molar-refractivity contribution in [1.82, 2.24) is 0 Å². The zero-order valence-corrected chi connectivity index (χ0v) is 10.3. The second-order valence-electron chi connectivity index (χ2n) is 3.93. The van der Waals surface area contributed by atoms with Gasteiger partial charge < -0.3 is 15.7 Å². The van der Waals surface area contributed by atoms with E-state index in [1.54, 1.807) is 12.1 Å². The highest BCUT2D eigenvalue weighted by atomic mass is 19.1. The summed E-state index contributed by atoms with van der Waals surface area (Å²) < 4.78 is 12.7. The number of benzene rings is 2. The second kappa shape index (κ2) is 5.83. The Balaban J connectivity index is 2.01. The molecule has 0 spiro atoms. The number of hydrogen-bond donors (Lipinski definition) is 3. The third kappa shape index (κ3) is 3.32. The smallest absolute Gasteiger partial charge is 0.314 e. The quantitative estimate of drug-likeness (QED) is 0.579. The van der Waals surface area contributed by atoms with Gasteiger partial charge in [0.05, 0.1) is 5.69 Å². The van der Waals surface area contributed by atoms with E-state index < -0.39 is 17.6 Å². The van der Waals surface area contributed by atoms with Gasteiger partial charge in [-0.05, 0) is 36.4 Å². The number of carbonyl (C=O) groups excluding carboxylic acids is 2. The number of carbonyl (C=O) groups is 2. The third-order valence-electron chi connectivity index (χ3n) is 2.46. The van der Waals surface area contributed by atoms with E-state index in [0.717, 1.165) is 12.1 Å². The highest BCUT2D eigenvalue weighted by Gasteiger charge is 2.15. The number of anilines is 2. The normalized spacial score (nSPS) is 9.85. The van der Waals surface area contributed by atoms with E-state index in [-0.39, 0.29) is 11.4 Å². The first-order valence-electron chi connectivity index (χ1n) is 5.72. The molecule has 5 nitrogen and oxygen atoms in total. The molecular weight excluding hydrogens is 263 g/mol. The average Bonchev–Trinajstić information content (AvgIpc) is 2.44. The minimum atomic E-state index is -0.934. The fraction of sp³-hybridized carbons (Fsp3) is 0. The van der Waals surface area contributed by atoms with Crippen LogP contribution < -0.4 is 10.6 Å². The van der Waals surface area contributed by atoms with Gasteiger partial charge >= 0.3 is 11.8 Å². The van der Waals surface area contributed by atoms with E-state index in [9.17, 15) is 19.1 Å². The Kier molecular flexibility index (Phi) is 3.95. The third-order valence-corrected chi connectivity index (χ3v) is 2.46. The van der Waals surface area contributed by atoms with Crippen molar-refractivity contribution < 1.29 is 19.1 Å². The van der Waals surface area contributed by atoms with Crippen LogP contribution in [0.15, 0.2) is 48.5 Å². The minimum absolute atomic E-state index is 0.131. The Morgan fingerprint density at radius 1 is 0.900 bits per heavy atom. The highest BCUT2D eigenvalue weighted by molar-refractivity contribution is 6.43. The molecule has 0 heterocycles. The fourth-order valence-corrected chi connectivity index (χ4v) is 1.48. The summed E-state index contributed by atoms with van der Waals surface area (Å²) in [5.41, 5.74) is 0.426. The Morgan fingerprint density at radius 2 is 1.50 bits per heavy atom. The van der Waals surface area contributed by atoms with E-state index >= 15 is 0 Å². The number of hydrogen-bond acceptors (Lipinski definition) is 3. The summed E-state index contributed by atoms with van der Waals surface area (Å²) in [5.74, 6) is -2.44. The number of rotatable bonds is 2. The molecule has 0 bridgehead atoms. The molecule has 3 N–H and O–H groups in total. The zero-order chi connectivity index (χ0) is 14.5. The number of halogens is 1. The number of nitrogens with one attached hydrogen (secondary N) is 2. The van der Waals surface area contributed by atoms with Gasteiger partial charge in [-0.3, -0.25) is 9.59 Å². The summed E-state index contributed by atoms with van der Waals surface area (Å²) in [6.45, 7) is 0. The van der Waals surface area contributed by atoms with Crippen LogP contribution in [0.4, 0.5) is 15.8 Å². The molecule has 0 saturated heterocycles. The second-order valence-corrected chi connectivity index (χ2v) is 3.93. The molecular formula is C14H11FN2O3. The number of amides is 2. The summed E-state index contributed by atoms with van der Waals surface area (Å²) in [5, 5.41) is 14.0. The Hall–Kier alpha value is -2.89. The van der Waals surface area contributed by atoms with Crippen molar-refractivity contribution in [2.24, 2.45) is 0 Å². The SMILES string of the molecule is O=C(Nc1ccc(F)cc1)C(=O)Nc1ccccc1O. The van der Waals surface area contributed by atoms with Crippen molar-refractivity contribution in [2.75, 3.05) is 10.6 Å². The monoisotopic (exact) mass is 274 g/mol. The topological polar surface area (TPSA) is 78.4 Å². The molecule has 0 saturated carbocycles. The summed E-state index contributed by atoms with van der Waals surface area (Å²) in [4.78, 5) is 23.2. The van der Waals surface area contributed by atoms with Crippen LogP contribution in [0.2, 0.25) is 0 Å². The summed E-state index contributed by atoms with van der Waals surface area (Å²) in [6, 6.07) is 11.0. The number of phenols is 1. The minimum Gasteiger partial charge on any atom is -0.506 e. The van der Waals surface area contributed by atoms with Crippen LogP contribution in [0, 0.1) is 5.82 Å². The van der Waals surface area contributed by atoms with E-state index in [4.69, 9.17) is 0 Å². The molecule has 2 amide bonds. The molecule has 0 aliphatic heterocycles. The van der Waals surface area contributed by atoms with E-state index in [2.05, 4.69) is 10.6 Å². The summed E-state index contributed by atoms with van der Waals surface area (Å²) in [7, 11) is 0. The zero-order valence-electron chi connectivity index (χ0n) is 10.3. The molecule has 2 aromatic carbocycles. The summed E-state index contributed by atoms with van der Waals surface area (Å²) in [6.07, 6.45) is 0. The molecule has 0 fully saturated rings. The van der Waals surface area contributed by atoms with Gasteiger partial charge in [0.25, 0.3) is 0 Å². The largest absolute Gasteiger partial charge is 0.506 e. The van der Waals surface area contributed by atoms with Crippen LogP contribution in [0.1, 0.15) is 0 Å². The number of para-hydroxylation sites is 2. The van der Waals surface area contributed by atoms with Crippen molar-refractivity contribution >= 4 is 23.2 Å². The lowest BCUT2D eigenvalue weighted by Crippen LogP contribution is -2.29. The predicted molar refractivity (Wildman–Crippen MR) is 71.8 cm³/mol. The highest BCUT2D eigenvalue weighted by Crippen LogP contribution is 2.21. The maximum Gasteiger partial charge on any atom is 0.314 e. The first-order chi connectivity index (χ1) is 9.56. The van der Waals surface area contributed by atoms with Crippen molar-refractivity contribution in [2.45, 2.75) is 0 Å². The van der Waals surface area contributed by atoms with E-state index in [1.807, 2.05) is 0 Å². The van der Waals surface area contributed by atoms with E-state index in [0.29, 0.717) is 5.69 Å². The first kappa shape index (κ1) is 13.5. The lowest BCUT2D eigenvalue weighted by molar-refractivity contribution is -0.133. The average molecular weight is 274 g/mol. The van der Waals surface area contributed by atoms with Crippen molar-refractivity contribution in [3.05, 3.63) is 54.3 Å². The van der Waals surface area contributed by atoms with Gasteiger partial charge in [-0.15, -0.1) is 0 Å². The molecule has 0 aliphatic rings. The van der Waals surface area contributed by atoms with Crippen LogP contribution >= 0.6 is 0 Å². The van der Waals surface area contributed by atoms with Gasteiger partial charge in [0.2, 0.25) is 0 Å². The maximum absolute atomic E-state index is 12.7. The Bertz CT molecular complexity index is 641. The van der Waals surface area contributed by atoms with Gasteiger partial charge in [-0.25, -0.2) is 4.39 Å². The van der Waals surface area contributed by atoms with Gasteiger partial charge in [0, 0.05) is 5.69 Å². The van der Waals surface area contributed by atoms with Crippen molar-refractivity contribution in [3.8, 4) is 5.75 Å². The van der Waals surface area contributed by atoms with E-state index in [1.165, 1.54) is 24.3 Å². The molecule has 0 aliphatic carbocycles. The molecule has 20 heavy (non-hydrogen) atoms. The van der Waals surface area contributed by atoms with Gasteiger partial charge in [-0.1, -0.05) is 12.1 Å². The maximum atomic E-state index is 12.7. The van der Waals surface area contributed by atoms with Crippen LogP contribution in [-0.2, 0) is 9.59 Å². The van der Waals surface area contributed by atoms with Crippen LogP contribution in [0.3, 0.4) is 0 Å². The van der Waals surface area contributed by atoms with Crippen LogP contribution in [0.25, 0.3) is 0 Å². The van der Waals surface area contributed by atoms with Crippen LogP contribution in [-0.4, -0.2) is 16.9 Å². The van der Waals surface area contributed by atoms with Gasteiger partial charge in [-0.2, -0.15) is 0 Å². The Labute approximate surface area is 114 Å². The van der Waals surface area contributed by atoms with Crippen molar-refractivity contribution in [3.63, 3.8) is 0 Å². The predicted octanol–water partition coefficient (Wildman–Crippen LogP) is 2.11. The molecule has 0 aromatic heterocycles. The molecule has 0 radical (unpaired) electrons. The lowest BCUT2D eigenvalue weighted by Gasteiger charge is -2.07. The molecule has 6 heteroatoms. The number of phenolic OH excluding ortho intramolecular Hbond substituents is 1. The van der Waals surface area contributed by atoms with Crippen molar-refractivity contribution in [1.29, 1.82) is 0 Å².